The molecule has 0 radical (unpaired) electrons. The molecule has 2 aromatic rings. The first-order valence-electron chi connectivity index (χ1n) is 6.38. The van der Waals surface area contributed by atoms with Crippen molar-refractivity contribution in [3.05, 3.63) is 59.9 Å². The number of halogens is 1. The van der Waals surface area contributed by atoms with Gasteiger partial charge in [-0.2, -0.15) is 0 Å². The standard InChI is InChI=1S/C16H16FNO3/c1-16(15(19)20,11-7-9-12(21-2)10-8-11)18-14-6-4-3-5-13(14)17/h3-10,18H,1-2H3,(H,19,20). The lowest BCUT2D eigenvalue weighted by Gasteiger charge is -2.28. The summed E-state index contributed by atoms with van der Waals surface area (Å²) < 4.78 is 18.8. The van der Waals surface area contributed by atoms with Crippen molar-refractivity contribution in [3.8, 4) is 5.75 Å². The van der Waals surface area contributed by atoms with Crippen LogP contribution in [0.3, 0.4) is 0 Å². The maximum Gasteiger partial charge on any atom is 0.333 e. The van der Waals surface area contributed by atoms with Crippen molar-refractivity contribution < 1.29 is 19.0 Å². The van der Waals surface area contributed by atoms with Crippen LogP contribution in [-0.2, 0) is 10.3 Å². The van der Waals surface area contributed by atoms with Crippen LogP contribution in [0.25, 0.3) is 0 Å². The lowest BCUT2D eigenvalue weighted by atomic mass is 9.91. The van der Waals surface area contributed by atoms with E-state index in [9.17, 15) is 14.3 Å². The highest BCUT2D eigenvalue weighted by atomic mass is 19.1. The highest BCUT2D eigenvalue weighted by Crippen LogP contribution is 2.29. The van der Waals surface area contributed by atoms with Crippen LogP contribution in [0.5, 0.6) is 5.75 Å². The Hall–Kier alpha value is -2.56. The maximum atomic E-state index is 13.7. The highest BCUT2D eigenvalue weighted by molar-refractivity contribution is 5.84. The fraction of sp³-hybridized carbons (Fsp3) is 0.188. The number of anilines is 1. The second-order valence-corrected chi connectivity index (χ2v) is 4.76. The van der Waals surface area contributed by atoms with Gasteiger partial charge in [0.15, 0.2) is 5.54 Å². The zero-order chi connectivity index (χ0) is 15.5. The van der Waals surface area contributed by atoms with E-state index in [0.717, 1.165) is 0 Å². The minimum absolute atomic E-state index is 0.137. The van der Waals surface area contributed by atoms with Gasteiger partial charge in [-0.05, 0) is 36.8 Å². The highest BCUT2D eigenvalue weighted by Gasteiger charge is 2.35. The van der Waals surface area contributed by atoms with Gasteiger partial charge in [-0.3, -0.25) is 0 Å². The van der Waals surface area contributed by atoms with Gasteiger partial charge in [-0.25, -0.2) is 9.18 Å². The molecule has 1 atom stereocenters. The summed E-state index contributed by atoms with van der Waals surface area (Å²) in [6, 6.07) is 12.6. The van der Waals surface area contributed by atoms with Crippen molar-refractivity contribution in [3.63, 3.8) is 0 Å². The van der Waals surface area contributed by atoms with E-state index < -0.39 is 17.3 Å². The minimum Gasteiger partial charge on any atom is -0.497 e. The molecule has 21 heavy (non-hydrogen) atoms. The number of carboxylic acids is 1. The zero-order valence-electron chi connectivity index (χ0n) is 11.8. The van der Waals surface area contributed by atoms with Crippen LogP contribution >= 0.6 is 0 Å². The second kappa shape index (κ2) is 5.83. The largest absolute Gasteiger partial charge is 0.497 e. The number of benzene rings is 2. The Bertz CT molecular complexity index is 642. The molecule has 0 fully saturated rings. The Morgan fingerprint density at radius 2 is 1.81 bits per heavy atom. The molecule has 2 aromatic carbocycles. The SMILES string of the molecule is COc1ccc(C(C)(Nc2ccccc2F)C(=O)O)cc1. The first kappa shape index (κ1) is 14.8. The number of rotatable bonds is 5. The van der Waals surface area contributed by atoms with E-state index >= 15 is 0 Å². The maximum absolute atomic E-state index is 13.7. The van der Waals surface area contributed by atoms with Crippen LogP contribution in [-0.4, -0.2) is 18.2 Å². The number of carboxylic acid groups (broad SMARTS) is 1. The molecule has 5 heteroatoms. The fourth-order valence-electron chi connectivity index (χ4n) is 2.01. The molecule has 2 N–H and O–H groups in total. The lowest BCUT2D eigenvalue weighted by Crippen LogP contribution is -2.40. The van der Waals surface area contributed by atoms with Gasteiger partial charge in [0.1, 0.15) is 11.6 Å². The van der Waals surface area contributed by atoms with Crippen molar-refractivity contribution in [2.45, 2.75) is 12.5 Å². The first-order chi connectivity index (χ1) is 9.97. The summed E-state index contributed by atoms with van der Waals surface area (Å²) in [4.78, 5) is 11.7. The average Bonchev–Trinajstić information content (AvgIpc) is 2.49. The van der Waals surface area contributed by atoms with Crippen LogP contribution in [0.4, 0.5) is 10.1 Å². The van der Waals surface area contributed by atoms with Crippen molar-refractivity contribution in [1.82, 2.24) is 0 Å². The molecular formula is C16H16FNO3. The summed E-state index contributed by atoms with van der Waals surface area (Å²) in [6.45, 7) is 1.49. The van der Waals surface area contributed by atoms with Crippen LogP contribution < -0.4 is 10.1 Å². The average molecular weight is 289 g/mol. The second-order valence-electron chi connectivity index (χ2n) is 4.76. The fourth-order valence-corrected chi connectivity index (χ4v) is 2.01. The molecular weight excluding hydrogens is 273 g/mol. The monoisotopic (exact) mass is 289 g/mol. The van der Waals surface area contributed by atoms with E-state index in [2.05, 4.69) is 5.32 Å². The van der Waals surface area contributed by atoms with Crippen LogP contribution in [0.15, 0.2) is 48.5 Å². The third-order valence-corrected chi connectivity index (χ3v) is 3.35. The van der Waals surface area contributed by atoms with Crippen molar-refractivity contribution in [2.24, 2.45) is 0 Å². The van der Waals surface area contributed by atoms with Gasteiger partial charge < -0.3 is 15.2 Å². The molecule has 0 spiro atoms. The van der Waals surface area contributed by atoms with Gasteiger partial charge in [-0.1, -0.05) is 24.3 Å². The number of para-hydroxylation sites is 1. The van der Waals surface area contributed by atoms with Crippen molar-refractivity contribution >= 4 is 11.7 Å². The third-order valence-electron chi connectivity index (χ3n) is 3.35. The molecule has 0 aliphatic rings. The molecule has 0 amide bonds. The Labute approximate surface area is 122 Å². The molecule has 110 valence electrons. The van der Waals surface area contributed by atoms with Gasteiger partial charge in [-0.15, -0.1) is 0 Å². The molecule has 2 rings (SSSR count). The van der Waals surface area contributed by atoms with Crippen LogP contribution in [0.1, 0.15) is 12.5 Å². The van der Waals surface area contributed by atoms with E-state index in [-0.39, 0.29) is 5.69 Å². The van der Waals surface area contributed by atoms with E-state index in [1.165, 1.54) is 26.2 Å². The van der Waals surface area contributed by atoms with E-state index in [1.807, 2.05) is 0 Å². The molecule has 0 aromatic heterocycles. The molecule has 1 unspecified atom stereocenters. The summed E-state index contributed by atoms with van der Waals surface area (Å²) in [6.07, 6.45) is 0. The first-order valence-corrected chi connectivity index (χ1v) is 6.38. The topological polar surface area (TPSA) is 58.6 Å². The summed E-state index contributed by atoms with van der Waals surface area (Å²) >= 11 is 0. The van der Waals surface area contributed by atoms with Crippen LogP contribution in [0, 0.1) is 5.82 Å². The number of hydrogen-bond donors (Lipinski definition) is 2. The molecule has 0 aliphatic carbocycles. The Balaban J connectivity index is 2.40. The number of nitrogens with one attached hydrogen (secondary N) is 1. The summed E-state index contributed by atoms with van der Waals surface area (Å²) in [5.74, 6) is -0.980. The Morgan fingerprint density at radius 1 is 1.19 bits per heavy atom. The van der Waals surface area contributed by atoms with Gasteiger partial charge in [0.2, 0.25) is 0 Å². The summed E-state index contributed by atoms with van der Waals surface area (Å²) in [5.41, 5.74) is -0.814. The molecule has 0 bridgehead atoms. The summed E-state index contributed by atoms with van der Waals surface area (Å²) in [5, 5.41) is 12.3. The van der Waals surface area contributed by atoms with Gasteiger partial charge in [0, 0.05) is 0 Å². The normalized spacial score (nSPS) is 13.3. The molecule has 0 saturated heterocycles. The van der Waals surface area contributed by atoms with Crippen molar-refractivity contribution in [1.29, 1.82) is 0 Å². The van der Waals surface area contributed by atoms with Crippen molar-refractivity contribution in [2.75, 3.05) is 12.4 Å². The van der Waals surface area contributed by atoms with Gasteiger partial charge in [0.25, 0.3) is 0 Å². The van der Waals surface area contributed by atoms with Gasteiger partial charge in [0.05, 0.1) is 12.8 Å². The molecule has 4 nitrogen and oxygen atoms in total. The van der Waals surface area contributed by atoms with E-state index in [4.69, 9.17) is 4.74 Å². The number of ether oxygens (including phenoxy) is 1. The smallest absolute Gasteiger partial charge is 0.333 e. The number of hydrogen-bond acceptors (Lipinski definition) is 3. The number of carbonyl (C=O) groups is 1. The Morgan fingerprint density at radius 3 is 2.33 bits per heavy atom. The quantitative estimate of drug-likeness (QED) is 0.887. The Kier molecular flexibility index (Phi) is 4.12. The summed E-state index contributed by atoms with van der Waals surface area (Å²) in [7, 11) is 1.53. The molecule has 0 heterocycles. The van der Waals surface area contributed by atoms with E-state index in [0.29, 0.717) is 11.3 Å². The third kappa shape index (κ3) is 2.97. The minimum atomic E-state index is -1.45. The predicted octanol–water partition coefficient (Wildman–Crippen LogP) is 3.25. The zero-order valence-corrected chi connectivity index (χ0v) is 11.8. The van der Waals surface area contributed by atoms with Gasteiger partial charge >= 0.3 is 5.97 Å². The predicted molar refractivity (Wildman–Crippen MR) is 78.0 cm³/mol. The lowest BCUT2D eigenvalue weighted by molar-refractivity contribution is -0.142. The molecule has 0 aliphatic heterocycles. The number of methoxy groups -OCH3 is 1. The molecule has 0 saturated carbocycles. The van der Waals surface area contributed by atoms with Crippen LogP contribution in [0.2, 0.25) is 0 Å². The number of aliphatic carboxylic acids is 1. The van der Waals surface area contributed by atoms with E-state index in [1.54, 1.807) is 36.4 Å².